The van der Waals surface area contributed by atoms with Crippen molar-refractivity contribution in [3.63, 3.8) is 0 Å². The van der Waals surface area contributed by atoms with Crippen LogP contribution in [0, 0.1) is 5.82 Å². The molecule has 1 aromatic carbocycles. The number of rotatable bonds is 1. The van der Waals surface area contributed by atoms with E-state index in [9.17, 15) is 8.78 Å². The van der Waals surface area contributed by atoms with Gasteiger partial charge < -0.3 is 0 Å². The highest BCUT2D eigenvalue weighted by Crippen LogP contribution is 2.28. The monoisotopic (exact) mass is 284 g/mol. The predicted octanol–water partition coefficient (Wildman–Crippen LogP) is 3.82. The highest BCUT2D eigenvalue weighted by Gasteiger charge is 2.08. The Balaban J connectivity index is 3.25. The van der Waals surface area contributed by atoms with E-state index in [0.717, 1.165) is 0 Å². The molecule has 60 valence electrons. The summed E-state index contributed by atoms with van der Waals surface area (Å²) in [6, 6.07) is 3.01. The molecule has 0 unspecified atom stereocenters. The van der Waals surface area contributed by atoms with Gasteiger partial charge in [-0.05, 0) is 37.9 Å². The second-order valence-electron chi connectivity index (χ2n) is 1.97. The number of halogens is 4. The molecule has 11 heavy (non-hydrogen) atoms. The first kappa shape index (κ1) is 9.13. The second kappa shape index (κ2) is 3.63. The number of hydrogen-bond donors (Lipinski definition) is 0. The van der Waals surface area contributed by atoms with Crippen molar-refractivity contribution in [3.05, 3.63) is 32.5 Å². The lowest BCUT2D eigenvalue weighted by molar-refractivity contribution is 0.462. The molecule has 0 radical (unpaired) electrons. The third-order valence-electron chi connectivity index (χ3n) is 1.26. The Hall–Kier alpha value is 0.0400. The average Bonchev–Trinajstić information content (AvgIpc) is 2.01. The molecule has 0 atom stereocenters. The van der Waals surface area contributed by atoms with Gasteiger partial charge in [-0.3, -0.25) is 0 Å². The largest absolute Gasteiger partial charge is 0.246 e. The second-order valence-corrected chi connectivity index (χ2v) is 3.62. The maximum atomic E-state index is 12.9. The topological polar surface area (TPSA) is 0 Å². The number of benzene rings is 1. The van der Waals surface area contributed by atoms with Crippen molar-refractivity contribution in [1.29, 1.82) is 0 Å². The molecular formula is C7H4Br2F2. The first-order valence-corrected chi connectivity index (χ1v) is 4.43. The van der Waals surface area contributed by atoms with E-state index in [1.54, 1.807) is 6.07 Å². The van der Waals surface area contributed by atoms with Gasteiger partial charge in [0.1, 0.15) is 12.5 Å². The third kappa shape index (κ3) is 1.79. The molecule has 0 aromatic heterocycles. The molecule has 0 fully saturated rings. The van der Waals surface area contributed by atoms with Gasteiger partial charge in [0.15, 0.2) is 0 Å². The van der Waals surface area contributed by atoms with Crippen molar-refractivity contribution in [2.45, 2.75) is 6.67 Å². The van der Waals surface area contributed by atoms with E-state index in [1.165, 1.54) is 6.07 Å². The summed E-state index contributed by atoms with van der Waals surface area (Å²) >= 11 is 6.08. The van der Waals surface area contributed by atoms with E-state index in [0.29, 0.717) is 4.47 Å². The Morgan fingerprint density at radius 2 is 1.91 bits per heavy atom. The lowest BCUT2D eigenvalue weighted by Gasteiger charge is -2.01. The minimum Gasteiger partial charge on any atom is -0.246 e. The van der Waals surface area contributed by atoms with E-state index in [1.807, 2.05) is 0 Å². The third-order valence-corrected chi connectivity index (χ3v) is 3.23. The van der Waals surface area contributed by atoms with Crippen molar-refractivity contribution in [2.24, 2.45) is 0 Å². The van der Waals surface area contributed by atoms with Crippen LogP contribution in [0.1, 0.15) is 5.56 Å². The van der Waals surface area contributed by atoms with Crippen molar-refractivity contribution in [1.82, 2.24) is 0 Å². The van der Waals surface area contributed by atoms with Gasteiger partial charge >= 0.3 is 0 Å². The van der Waals surface area contributed by atoms with Crippen LogP contribution in [0.3, 0.4) is 0 Å². The van der Waals surface area contributed by atoms with Crippen LogP contribution in [-0.2, 0) is 6.67 Å². The van der Waals surface area contributed by atoms with Crippen LogP contribution < -0.4 is 0 Å². The van der Waals surface area contributed by atoms with Crippen molar-refractivity contribution in [3.8, 4) is 0 Å². The van der Waals surface area contributed by atoms with Crippen LogP contribution in [0.25, 0.3) is 0 Å². The molecule has 0 heterocycles. The molecule has 0 saturated heterocycles. The molecule has 0 saturated carbocycles. The lowest BCUT2D eigenvalue weighted by Crippen LogP contribution is -1.88. The molecule has 0 bridgehead atoms. The number of alkyl halides is 1. The molecule has 0 aliphatic heterocycles. The van der Waals surface area contributed by atoms with Crippen molar-refractivity contribution >= 4 is 31.9 Å². The van der Waals surface area contributed by atoms with Gasteiger partial charge in [-0.25, -0.2) is 8.78 Å². The summed E-state index contributed by atoms with van der Waals surface area (Å²) < 4.78 is 25.8. The van der Waals surface area contributed by atoms with Gasteiger partial charge in [0.25, 0.3) is 0 Å². The van der Waals surface area contributed by atoms with Crippen LogP contribution in [0.4, 0.5) is 8.78 Å². The summed E-state index contributed by atoms with van der Waals surface area (Å²) in [7, 11) is 0. The Morgan fingerprint density at radius 3 is 2.45 bits per heavy atom. The van der Waals surface area contributed by atoms with Gasteiger partial charge in [-0.1, -0.05) is 6.07 Å². The van der Waals surface area contributed by atoms with E-state index in [-0.39, 0.29) is 10.0 Å². The standard InChI is InChI=1S/C7H4Br2F2/c8-5-2-1-4(3-10)7(11)6(5)9/h1-2H,3H2. The van der Waals surface area contributed by atoms with Crippen LogP contribution in [0.15, 0.2) is 21.1 Å². The van der Waals surface area contributed by atoms with E-state index in [2.05, 4.69) is 31.9 Å². The Kier molecular flexibility index (Phi) is 3.01. The fourth-order valence-corrected chi connectivity index (χ4v) is 1.36. The van der Waals surface area contributed by atoms with Crippen molar-refractivity contribution < 1.29 is 8.78 Å². The van der Waals surface area contributed by atoms with E-state index in [4.69, 9.17) is 0 Å². The highest BCUT2D eigenvalue weighted by molar-refractivity contribution is 9.13. The van der Waals surface area contributed by atoms with Crippen LogP contribution in [0.5, 0.6) is 0 Å². The molecule has 1 aromatic rings. The summed E-state index contributed by atoms with van der Waals surface area (Å²) in [4.78, 5) is 0. The quantitative estimate of drug-likeness (QED) is 0.688. The predicted molar refractivity (Wildman–Crippen MR) is 46.6 cm³/mol. The minimum atomic E-state index is -0.780. The summed E-state index contributed by atoms with van der Waals surface area (Å²) in [5, 5.41) is 0. The fourth-order valence-electron chi connectivity index (χ4n) is 0.669. The summed E-state index contributed by atoms with van der Waals surface area (Å²) in [5.41, 5.74) is 0.0695. The highest BCUT2D eigenvalue weighted by atomic mass is 79.9. The van der Waals surface area contributed by atoms with Gasteiger partial charge in [-0.15, -0.1) is 0 Å². The van der Waals surface area contributed by atoms with E-state index >= 15 is 0 Å². The number of hydrogen-bond acceptors (Lipinski definition) is 0. The molecule has 0 nitrogen and oxygen atoms in total. The van der Waals surface area contributed by atoms with Crippen LogP contribution in [-0.4, -0.2) is 0 Å². The van der Waals surface area contributed by atoms with Crippen LogP contribution in [0.2, 0.25) is 0 Å². The molecule has 1 rings (SSSR count). The summed E-state index contributed by atoms with van der Waals surface area (Å²) in [6.45, 7) is -0.780. The normalized spacial score (nSPS) is 10.2. The van der Waals surface area contributed by atoms with Gasteiger partial charge in [0.2, 0.25) is 0 Å². The first-order chi connectivity index (χ1) is 5.16. The first-order valence-electron chi connectivity index (χ1n) is 2.85. The zero-order valence-corrected chi connectivity index (χ0v) is 8.55. The molecule has 4 heteroatoms. The zero-order chi connectivity index (χ0) is 8.43. The van der Waals surface area contributed by atoms with Gasteiger partial charge in [-0.2, -0.15) is 0 Å². The molecule has 0 N–H and O–H groups in total. The minimum absolute atomic E-state index is 0.0695. The Labute approximate surface area is 79.9 Å². The lowest BCUT2D eigenvalue weighted by atomic mass is 10.2. The fraction of sp³-hybridized carbons (Fsp3) is 0.143. The molecule has 0 amide bonds. The van der Waals surface area contributed by atoms with Crippen molar-refractivity contribution in [2.75, 3.05) is 0 Å². The SMILES string of the molecule is FCc1ccc(Br)c(Br)c1F. The zero-order valence-electron chi connectivity index (χ0n) is 5.37. The molecule has 0 aliphatic rings. The average molecular weight is 286 g/mol. The van der Waals surface area contributed by atoms with Gasteiger partial charge in [0.05, 0.1) is 4.47 Å². The smallest absolute Gasteiger partial charge is 0.144 e. The Morgan fingerprint density at radius 1 is 1.27 bits per heavy atom. The maximum absolute atomic E-state index is 12.9. The van der Waals surface area contributed by atoms with Gasteiger partial charge in [0, 0.05) is 10.0 Å². The van der Waals surface area contributed by atoms with E-state index < -0.39 is 12.5 Å². The maximum Gasteiger partial charge on any atom is 0.144 e. The molecule has 0 spiro atoms. The summed E-state index contributed by atoms with van der Waals surface area (Å²) in [5.74, 6) is -0.540. The molecular weight excluding hydrogens is 282 g/mol. The van der Waals surface area contributed by atoms with Crippen LogP contribution >= 0.6 is 31.9 Å². The summed E-state index contributed by atoms with van der Waals surface area (Å²) in [6.07, 6.45) is 0. The Bertz CT molecular complexity index is 273. The molecule has 0 aliphatic carbocycles.